The third-order valence-electron chi connectivity index (χ3n) is 3.21. The van der Waals surface area contributed by atoms with E-state index in [4.69, 9.17) is 4.74 Å². The van der Waals surface area contributed by atoms with Crippen LogP contribution in [0.2, 0.25) is 0 Å². The van der Waals surface area contributed by atoms with Gasteiger partial charge >= 0.3 is 0 Å². The molecular formula is C16H22BrClN2O. The lowest BCUT2D eigenvalue weighted by molar-refractivity contribution is 0.303. The molecule has 0 amide bonds. The summed E-state index contributed by atoms with van der Waals surface area (Å²) in [6, 6.07) is 6.18. The molecule has 5 heteroatoms. The summed E-state index contributed by atoms with van der Waals surface area (Å²) in [6.07, 6.45) is 9.42. The van der Waals surface area contributed by atoms with Crippen LogP contribution in [0.4, 0.5) is 0 Å². The minimum Gasteiger partial charge on any atom is -0.492 e. The standard InChI is InChI=1S/C16H21BrN2O.ClH/c1-13-7-8-15(14(17)12-13)20-11-5-3-2-4-6-16-18-9-10-19-16;/h7-10,12H,2-6,11H2,1H3,(H,18,19);1H. The number of halogens is 2. The van der Waals surface area contributed by atoms with Crippen LogP contribution in [-0.2, 0) is 6.42 Å². The van der Waals surface area contributed by atoms with E-state index in [0.29, 0.717) is 0 Å². The first-order valence-electron chi connectivity index (χ1n) is 7.13. The molecule has 1 aromatic heterocycles. The van der Waals surface area contributed by atoms with Crippen molar-refractivity contribution in [3.63, 3.8) is 0 Å². The van der Waals surface area contributed by atoms with Crippen LogP contribution in [-0.4, -0.2) is 16.6 Å². The van der Waals surface area contributed by atoms with Gasteiger partial charge < -0.3 is 9.72 Å². The van der Waals surface area contributed by atoms with Gasteiger partial charge in [-0.25, -0.2) is 4.98 Å². The van der Waals surface area contributed by atoms with Crippen LogP contribution in [0.15, 0.2) is 35.1 Å². The van der Waals surface area contributed by atoms with Gasteiger partial charge in [0.2, 0.25) is 0 Å². The highest BCUT2D eigenvalue weighted by atomic mass is 79.9. The molecular weight excluding hydrogens is 352 g/mol. The van der Waals surface area contributed by atoms with Gasteiger partial charge in [0, 0.05) is 18.8 Å². The molecule has 0 aliphatic carbocycles. The second-order valence-corrected chi connectivity index (χ2v) is 5.84. The Morgan fingerprint density at radius 3 is 2.71 bits per heavy atom. The predicted octanol–water partition coefficient (Wildman–Crippen LogP) is 5.08. The van der Waals surface area contributed by atoms with Crippen LogP contribution in [0.3, 0.4) is 0 Å². The number of rotatable bonds is 8. The highest BCUT2D eigenvalue weighted by molar-refractivity contribution is 9.10. The van der Waals surface area contributed by atoms with Gasteiger partial charge in [-0.05, 0) is 53.4 Å². The summed E-state index contributed by atoms with van der Waals surface area (Å²) >= 11 is 3.53. The molecule has 0 atom stereocenters. The van der Waals surface area contributed by atoms with Crippen LogP contribution in [0, 0.1) is 6.92 Å². The molecule has 0 spiro atoms. The number of H-pyrrole nitrogens is 1. The molecule has 1 heterocycles. The zero-order chi connectivity index (χ0) is 14.2. The number of nitrogens with one attached hydrogen (secondary N) is 1. The summed E-state index contributed by atoms with van der Waals surface area (Å²) < 4.78 is 6.82. The topological polar surface area (TPSA) is 37.9 Å². The van der Waals surface area contributed by atoms with Gasteiger partial charge in [0.15, 0.2) is 0 Å². The minimum absolute atomic E-state index is 0. The summed E-state index contributed by atoms with van der Waals surface area (Å²) in [5.41, 5.74) is 1.24. The average Bonchev–Trinajstić information content (AvgIpc) is 2.93. The van der Waals surface area contributed by atoms with Crippen LogP contribution < -0.4 is 4.74 Å². The van der Waals surface area contributed by atoms with E-state index in [-0.39, 0.29) is 12.4 Å². The number of unbranched alkanes of at least 4 members (excludes halogenated alkanes) is 3. The quantitative estimate of drug-likeness (QED) is 0.655. The van der Waals surface area contributed by atoms with E-state index >= 15 is 0 Å². The second kappa shape index (κ2) is 9.85. The zero-order valence-electron chi connectivity index (χ0n) is 12.3. The molecule has 0 aliphatic rings. The number of benzene rings is 1. The number of hydrogen-bond donors (Lipinski definition) is 1. The third-order valence-corrected chi connectivity index (χ3v) is 3.83. The summed E-state index contributed by atoms with van der Waals surface area (Å²) in [5, 5.41) is 0. The smallest absolute Gasteiger partial charge is 0.133 e. The maximum absolute atomic E-state index is 5.78. The monoisotopic (exact) mass is 372 g/mol. The molecule has 0 aliphatic heterocycles. The number of nitrogens with zero attached hydrogens (tertiary/aromatic N) is 1. The first kappa shape index (κ1) is 18.1. The largest absolute Gasteiger partial charge is 0.492 e. The van der Waals surface area contributed by atoms with E-state index in [1.165, 1.54) is 24.8 Å². The van der Waals surface area contributed by atoms with E-state index in [0.717, 1.165) is 35.5 Å². The fourth-order valence-electron chi connectivity index (χ4n) is 2.09. The molecule has 0 saturated carbocycles. The molecule has 2 rings (SSSR count). The average molecular weight is 374 g/mol. The summed E-state index contributed by atoms with van der Waals surface area (Å²) in [6.45, 7) is 2.86. The fraction of sp³-hybridized carbons (Fsp3) is 0.438. The van der Waals surface area contributed by atoms with Crippen molar-refractivity contribution in [3.05, 3.63) is 46.5 Å². The van der Waals surface area contributed by atoms with Crippen molar-refractivity contribution in [1.82, 2.24) is 9.97 Å². The molecule has 0 bridgehead atoms. The molecule has 1 N–H and O–H groups in total. The van der Waals surface area contributed by atoms with Crippen molar-refractivity contribution in [2.45, 2.75) is 39.0 Å². The molecule has 3 nitrogen and oxygen atoms in total. The van der Waals surface area contributed by atoms with Crippen LogP contribution in [0.5, 0.6) is 5.75 Å². The Labute approximate surface area is 141 Å². The fourth-order valence-corrected chi connectivity index (χ4v) is 2.70. The predicted molar refractivity (Wildman–Crippen MR) is 92.4 cm³/mol. The van der Waals surface area contributed by atoms with Crippen molar-refractivity contribution in [2.24, 2.45) is 0 Å². The summed E-state index contributed by atoms with van der Waals surface area (Å²) in [5.74, 6) is 2.02. The third kappa shape index (κ3) is 6.53. The van der Waals surface area contributed by atoms with Gasteiger partial charge in [0.1, 0.15) is 11.6 Å². The zero-order valence-corrected chi connectivity index (χ0v) is 14.7. The van der Waals surface area contributed by atoms with Crippen molar-refractivity contribution < 1.29 is 4.74 Å². The Balaban J connectivity index is 0.00000220. The van der Waals surface area contributed by atoms with Gasteiger partial charge in [0.25, 0.3) is 0 Å². The Kier molecular flexibility index (Phi) is 8.47. The van der Waals surface area contributed by atoms with Crippen molar-refractivity contribution in [3.8, 4) is 5.75 Å². The summed E-state index contributed by atoms with van der Waals surface area (Å²) in [7, 11) is 0. The Bertz CT molecular complexity index is 517. The van der Waals surface area contributed by atoms with E-state index in [2.05, 4.69) is 45.0 Å². The summed E-state index contributed by atoms with van der Waals surface area (Å²) in [4.78, 5) is 7.35. The molecule has 0 radical (unpaired) electrons. The number of imidazole rings is 1. The molecule has 116 valence electrons. The lowest BCUT2D eigenvalue weighted by atomic mass is 10.1. The Morgan fingerprint density at radius 2 is 2.00 bits per heavy atom. The van der Waals surface area contributed by atoms with Crippen molar-refractivity contribution in [1.29, 1.82) is 0 Å². The first-order valence-corrected chi connectivity index (χ1v) is 7.92. The lowest BCUT2D eigenvalue weighted by Gasteiger charge is -2.08. The second-order valence-electron chi connectivity index (χ2n) is 4.98. The van der Waals surface area contributed by atoms with Crippen molar-refractivity contribution in [2.75, 3.05) is 6.61 Å². The molecule has 1 aromatic carbocycles. The first-order chi connectivity index (χ1) is 9.75. The van der Waals surface area contributed by atoms with Gasteiger partial charge in [-0.2, -0.15) is 0 Å². The maximum Gasteiger partial charge on any atom is 0.133 e. The van der Waals surface area contributed by atoms with E-state index in [1.54, 1.807) is 0 Å². The Morgan fingerprint density at radius 1 is 1.19 bits per heavy atom. The van der Waals surface area contributed by atoms with E-state index in [1.807, 2.05) is 18.5 Å². The van der Waals surface area contributed by atoms with Crippen LogP contribution in [0.25, 0.3) is 0 Å². The van der Waals surface area contributed by atoms with Gasteiger partial charge in [-0.15, -0.1) is 12.4 Å². The van der Waals surface area contributed by atoms with Crippen molar-refractivity contribution >= 4 is 28.3 Å². The highest BCUT2D eigenvalue weighted by Gasteiger charge is 2.01. The van der Waals surface area contributed by atoms with E-state index in [9.17, 15) is 0 Å². The molecule has 0 fully saturated rings. The normalized spacial score (nSPS) is 10.2. The van der Waals surface area contributed by atoms with Crippen LogP contribution >= 0.6 is 28.3 Å². The number of aromatic amines is 1. The lowest BCUT2D eigenvalue weighted by Crippen LogP contribution is -1.98. The number of aryl methyl sites for hydroxylation is 2. The van der Waals surface area contributed by atoms with Gasteiger partial charge in [0.05, 0.1) is 11.1 Å². The number of ether oxygens (including phenoxy) is 1. The Hall–Kier alpha value is -1.00. The minimum atomic E-state index is 0. The van der Waals surface area contributed by atoms with Gasteiger partial charge in [-0.1, -0.05) is 18.9 Å². The number of hydrogen-bond acceptors (Lipinski definition) is 2. The van der Waals surface area contributed by atoms with Crippen LogP contribution in [0.1, 0.15) is 37.1 Å². The molecule has 0 unspecified atom stereocenters. The molecule has 0 saturated heterocycles. The molecule has 2 aromatic rings. The molecule has 21 heavy (non-hydrogen) atoms. The highest BCUT2D eigenvalue weighted by Crippen LogP contribution is 2.25. The van der Waals surface area contributed by atoms with Gasteiger partial charge in [-0.3, -0.25) is 0 Å². The maximum atomic E-state index is 5.78. The van der Waals surface area contributed by atoms with E-state index < -0.39 is 0 Å². The SMILES string of the molecule is Cc1ccc(OCCCCCCc2ncc[nH]2)c(Br)c1.Cl. The number of aromatic nitrogens is 2.